The van der Waals surface area contributed by atoms with Gasteiger partial charge in [-0.15, -0.1) is 0 Å². The molecule has 98 valence electrons. The maximum absolute atomic E-state index is 5.76. The molecular weight excluding hydrogens is 266 g/mol. The number of hydrogen-bond acceptors (Lipinski definition) is 3. The lowest BCUT2D eigenvalue weighted by Crippen LogP contribution is -2.39. The van der Waals surface area contributed by atoms with E-state index in [1.54, 1.807) is 18.2 Å². The van der Waals surface area contributed by atoms with Crippen molar-refractivity contribution in [2.75, 3.05) is 0 Å². The van der Waals surface area contributed by atoms with Crippen LogP contribution in [0, 0.1) is 0 Å². The van der Waals surface area contributed by atoms with Crippen LogP contribution in [0.15, 0.2) is 70.0 Å². The molecule has 0 aromatic heterocycles. The van der Waals surface area contributed by atoms with Gasteiger partial charge in [-0.1, -0.05) is 54.8 Å². The van der Waals surface area contributed by atoms with Gasteiger partial charge in [-0.25, -0.2) is 4.99 Å². The minimum absolute atomic E-state index is 0.0731. The maximum Gasteiger partial charge on any atom is 0.171 e. The highest BCUT2D eigenvalue weighted by Crippen LogP contribution is 2.50. The van der Waals surface area contributed by atoms with E-state index < -0.39 is 5.54 Å². The van der Waals surface area contributed by atoms with Crippen LogP contribution < -0.4 is 0 Å². The van der Waals surface area contributed by atoms with Gasteiger partial charge in [-0.3, -0.25) is 0 Å². The number of ether oxygens (including phenoxy) is 1. The number of rotatable bonds is 2. The van der Waals surface area contributed by atoms with Gasteiger partial charge in [0.05, 0.1) is 0 Å². The van der Waals surface area contributed by atoms with Crippen LogP contribution >= 0.6 is 11.8 Å². The molecule has 0 amide bonds. The van der Waals surface area contributed by atoms with Crippen LogP contribution in [0.4, 0.5) is 0 Å². The van der Waals surface area contributed by atoms with Gasteiger partial charge in [0, 0.05) is 4.91 Å². The van der Waals surface area contributed by atoms with Crippen molar-refractivity contribution in [3.63, 3.8) is 0 Å². The Hall–Kier alpha value is -2.00. The number of fused-ring (bicyclic) bond motifs is 1. The fraction of sp³-hybridized carbons (Fsp3) is 0.118. The van der Waals surface area contributed by atoms with Crippen LogP contribution in [-0.2, 0) is 10.3 Å². The van der Waals surface area contributed by atoms with Crippen molar-refractivity contribution in [1.29, 1.82) is 0 Å². The van der Waals surface area contributed by atoms with E-state index in [0.717, 1.165) is 4.91 Å². The molecule has 2 nitrogen and oxygen atoms in total. The summed E-state index contributed by atoms with van der Waals surface area (Å²) in [5, 5.41) is 1.84. The SMILES string of the molecule is C=CSC1=CC2OC=NC23C(=C1)C=Cc1ccccc13. The van der Waals surface area contributed by atoms with Crippen LogP contribution in [0.2, 0.25) is 0 Å². The zero-order valence-electron chi connectivity index (χ0n) is 10.8. The average molecular weight is 279 g/mol. The van der Waals surface area contributed by atoms with Gasteiger partial charge in [0.1, 0.15) is 0 Å². The number of nitrogens with zero attached hydrogens (tertiary/aromatic N) is 1. The van der Waals surface area contributed by atoms with Gasteiger partial charge < -0.3 is 4.74 Å². The molecule has 20 heavy (non-hydrogen) atoms. The van der Waals surface area contributed by atoms with Crippen molar-refractivity contribution >= 4 is 24.2 Å². The zero-order valence-corrected chi connectivity index (χ0v) is 11.6. The zero-order chi connectivity index (χ0) is 13.6. The van der Waals surface area contributed by atoms with Crippen molar-refractivity contribution in [3.8, 4) is 0 Å². The normalized spacial score (nSPS) is 28.7. The Morgan fingerprint density at radius 1 is 1.30 bits per heavy atom. The topological polar surface area (TPSA) is 21.6 Å². The molecule has 0 bridgehead atoms. The molecule has 1 aromatic carbocycles. The molecule has 3 heteroatoms. The van der Waals surface area contributed by atoms with Gasteiger partial charge in [0.15, 0.2) is 18.0 Å². The molecule has 2 unspecified atom stereocenters. The lowest BCUT2D eigenvalue weighted by molar-refractivity contribution is 0.208. The summed E-state index contributed by atoms with van der Waals surface area (Å²) in [5.74, 6) is 0. The second kappa shape index (κ2) is 4.25. The summed E-state index contributed by atoms with van der Waals surface area (Å²) in [4.78, 5) is 5.86. The van der Waals surface area contributed by atoms with E-state index in [1.807, 2.05) is 5.41 Å². The summed E-state index contributed by atoms with van der Waals surface area (Å²) in [5.41, 5.74) is 3.20. The Labute approximate surface area is 122 Å². The monoisotopic (exact) mass is 279 g/mol. The predicted octanol–water partition coefficient (Wildman–Crippen LogP) is 4.04. The molecule has 2 aliphatic carbocycles. The van der Waals surface area contributed by atoms with Crippen LogP contribution in [0.25, 0.3) is 6.08 Å². The Morgan fingerprint density at radius 3 is 3.10 bits per heavy atom. The minimum Gasteiger partial charge on any atom is -0.473 e. The van der Waals surface area contributed by atoms with E-state index in [4.69, 9.17) is 9.73 Å². The smallest absolute Gasteiger partial charge is 0.171 e. The first-order valence-electron chi connectivity index (χ1n) is 6.53. The van der Waals surface area contributed by atoms with Gasteiger partial charge in [0.25, 0.3) is 0 Å². The van der Waals surface area contributed by atoms with Crippen molar-refractivity contribution in [3.05, 3.63) is 76.1 Å². The average Bonchev–Trinajstić information content (AvgIpc) is 2.90. The van der Waals surface area contributed by atoms with Crippen molar-refractivity contribution < 1.29 is 4.74 Å². The first kappa shape index (κ1) is 11.8. The molecule has 3 aliphatic rings. The van der Waals surface area contributed by atoms with Crippen LogP contribution in [0.1, 0.15) is 11.1 Å². The quantitative estimate of drug-likeness (QED) is 0.815. The largest absolute Gasteiger partial charge is 0.473 e. The van der Waals surface area contributed by atoms with Gasteiger partial charge in [-0.05, 0) is 34.3 Å². The summed E-state index contributed by atoms with van der Waals surface area (Å²) < 4.78 is 5.76. The number of aliphatic imine (C=N–C) groups is 1. The Morgan fingerprint density at radius 2 is 2.20 bits per heavy atom. The standard InChI is InChI=1S/C17H13NOS/c1-2-20-14-9-13-8-7-12-5-3-4-6-15(12)17(13)16(10-14)19-11-18-17/h2-11,16H,1H2. The Bertz CT molecular complexity index is 713. The van der Waals surface area contributed by atoms with E-state index in [1.165, 1.54) is 16.7 Å². The summed E-state index contributed by atoms with van der Waals surface area (Å²) in [6.45, 7) is 3.78. The van der Waals surface area contributed by atoms with Crippen LogP contribution in [-0.4, -0.2) is 12.5 Å². The molecule has 0 radical (unpaired) electrons. The number of hydrogen-bond donors (Lipinski definition) is 0. The molecule has 2 atom stereocenters. The summed E-state index contributed by atoms with van der Waals surface area (Å²) >= 11 is 1.61. The van der Waals surface area contributed by atoms with Crippen molar-refractivity contribution in [2.24, 2.45) is 4.99 Å². The van der Waals surface area contributed by atoms with Crippen LogP contribution in [0.3, 0.4) is 0 Å². The third-order valence-corrected chi connectivity index (χ3v) is 4.66. The summed E-state index contributed by atoms with van der Waals surface area (Å²) in [6, 6.07) is 8.39. The van der Waals surface area contributed by atoms with Gasteiger partial charge in [0.2, 0.25) is 0 Å². The highest BCUT2D eigenvalue weighted by molar-refractivity contribution is 8.06. The third kappa shape index (κ3) is 1.44. The lowest BCUT2D eigenvalue weighted by atomic mass is 9.71. The number of benzene rings is 1. The third-order valence-electron chi connectivity index (χ3n) is 3.96. The second-order valence-corrected chi connectivity index (χ2v) is 5.97. The first-order valence-corrected chi connectivity index (χ1v) is 7.41. The molecule has 1 aromatic rings. The fourth-order valence-electron chi connectivity index (χ4n) is 3.10. The first-order chi connectivity index (χ1) is 9.84. The molecule has 1 spiro atoms. The molecule has 4 rings (SSSR count). The van der Waals surface area contributed by atoms with Crippen molar-refractivity contribution in [1.82, 2.24) is 0 Å². The number of thioether (sulfide) groups is 1. The van der Waals surface area contributed by atoms with Gasteiger partial charge >= 0.3 is 0 Å². The fourth-order valence-corrected chi connectivity index (χ4v) is 3.69. The number of allylic oxidation sites excluding steroid dienone is 1. The summed E-state index contributed by atoms with van der Waals surface area (Å²) in [6.07, 6.45) is 10.1. The molecule has 0 fully saturated rings. The van der Waals surface area contributed by atoms with E-state index in [0.29, 0.717) is 0 Å². The predicted molar refractivity (Wildman–Crippen MR) is 84.5 cm³/mol. The lowest BCUT2D eigenvalue weighted by Gasteiger charge is -2.38. The molecule has 0 saturated heterocycles. The van der Waals surface area contributed by atoms with E-state index in [2.05, 4.69) is 55.1 Å². The highest BCUT2D eigenvalue weighted by atomic mass is 32.2. The maximum atomic E-state index is 5.76. The highest BCUT2D eigenvalue weighted by Gasteiger charge is 2.50. The summed E-state index contributed by atoms with van der Waals surface area (Å²) in [7, 11) is 0. The molecule has 1 aliphatic heterocycles. The molecular formula is C17H13NOS. The Kier molecular flexibility index (Phi) is 2.51. The molecule has 0 N–H and O–H groups in total. The van der Waals surface area contributed by atoms with E-state index in [9.17, 15) is 0 Å². The molecule has 1 heterocycles. The van der Waals surface area contributed by atoms with E-state index >= 15 is 0 Å². The van der Waals surface area contributed by atoms with Crippen molar-refractivity contribution in [2.45, 2.75) is 11.6 Å². The molecule has 0 saturated carbocycles. The second-order valence-electron chi connectivity index (χ2n) is 4.93. The Balaban J connectivity index is 1.94. The van der Waals surface area contributed by atoms with Crippen LogP contribution in [0.5, 0.6) is 0 Å². The minimum atomic E-state index is -0.406. The van der Waals surface area contributed by atoms with E-state index in [-0.39, 0.29) is 6.10 Å². The van der Waals surface area contributed by atoms with Gasteiger partial charge in [-0.2, -0.15) is 0 Å².